The number of benzene rings is 1. The third-order valence-corrected chi connectivity index (χ3v) is 8.55. The molecule has 0 saturated heterocycles. The highest BCUT2D eigenvalue weighted by Crippen LogP contribution is 2.36. The summed E-state index contributed by atoms with van der Waals surface area (Å²) in [5.74, 6) is -0.294. The molecule has 0 aliphatic carbocycles. The maximum atomic E-state index is 11.5. The molecule has 0 aromatic heterocycles. The lowest BCUT2D eigenvalue weighted by Gasteiger charge is -2.36. The minimum atomic E-state index is -1.69. The maximum Gasteiger partial charge on any atom is 0.337 e. The van der Waals surface area contributed by atoms with Gasteiger partial charge in [-0.1, -0.05) is 32.9 Å². The molecule has 1 aromatic rings. The van der Waals surface area contributed by atoms with Crippen molar-refractivity contribution >= 4 is 14.3 Å². The van der Waals surface area contributed by atoms with Crippen LogP contribution >= 0.6 is 0 Å². The lowest BCUT2D eigenvalue weighted by Crippen LogP contribution is -2.41. The van der Waals surface area contributed by atoms with E-state index in [2.05, 4.69) is 33.9 Å². The molecule has 20 heavy (non-hydrogen) atoms. The Kier molecular flexibility index (Phi) is 5.54. The second-order valence-corrected chi connectivity index (χ2v) is 11.4. The SMILES string of the molecule is COC(=O)c1cccc(CCO[Si](C)(C)C(C)(C)C)c1. The van der Waals surface area contributed by atoms with Crippen LogP contribution in [0, 0.1) is 0 Å². The molecule has 112 valence electrons. The van der Waals surface area contributed by atoms with E-state index in [1.807, 2.05) is 18.2 Å². The lowest BCUT2D eigenvalue weighted by atomic mass is 10.1. The predicted molar refractivity (Wildman–Crippen MR) is 84.6 cm³/mol. The Morgan fingerprint density at radius 2 is 1.90 bits per heavy atom. The summed E-state index contributed by atoms with van der Waals surface area (Å²) < 4.78 is 10.9. The van der Waals surface area contributed by atoms with Crippen molar-refractivity contribution in [1.29, 1.82) is 0 Å². The van der Waals surface area contributed by atoms with E-state index >= 15 is 0 Å². The number of esters is 1. The Balaban J connectivity index is 2.61. The number of carbonyl (C=O) groups excluding carboxylic acids is 1. The molecule has 0 N–H and O–H groups in total. The zero-order valence-electron chi connectivity index (χ0n) is 13.4. The fourth-order valence-corrected chi connectivity index (χ4v) is 2.66. The van der Waals surface area contributed by atoms with Gasteiger partial charge in [-0.05, 0) is 42.2 Å². The predicted octanol–water partition coefficient (Wildman–Crippen LogP) is 4.04. The summed E-state index contributed by atoms with van der Waals surface area (Å²) in [7, 11) is -0.294. The molecule has 1 rings (SSSR count). The van der Waals surface area contributed by atoms with E-state index in [1.165, 1.54) is 7.11 Å². The number of carbonyl (C=O) groups is 1. The maximum absolute atomic E-state index is 11.5. The third-order valence-electron chi connectivity index (χ3n) is 4.01. The number of rotatable bonds is 5. The van der Waals surface area contributed by atoms with Crippen LogP contribution in [0.25, 0.3) is 0 Å². The Morgan fingerprint density at radius 3 is 2.45 bits per heavy atom. The summed E-state index contributed by atoms with van der Waals surface area (Å²) in [6.07, 6.45) is 0.817. The zero-order valence-corrected chi connectivity index (χ0v) is 14.4. The van der Waals surface area contributed by atoms with Crippen LogP contribution in [-0.4, -0.2) is 28.0 Å². The van der Waals surface area contributed by atoms with E-state index in [0.29, 0.717) is 12.2 Å². The molecule has 0 amide bonds. The van der Waals surface area contributed by atoms with Crippen molar-refractivity contribution < 1.29 is 14.0 Å². The summed E-state index contributed by atoms with van der Waals surface area (Å²) in [6, 6.07) is 7.54. The number of hydrogen-bond acceptors (Lipinski definition) is 3. The van der Waals surface area contributed by atoms with Crippen LogP contribution in [0.1, 0.15) is 36.7 Å². The molecule has 0 radical (unpaired) electrons. The zero-order chi connectivity index (χ0) is 15.4. The largest absolute Gasteiger partial charge is 0.465 e. The Labute approximate surface area is 123 Å². The van der Waals surface area contributed by atoms with E-state index in [9.17, 15) is 4.79 Å². The highest BCUT2D eigenvalue weighted by Gasteiger charge is 2.36. The lowest BCUT2D eigenvalue weighted by molar-refractivity contribution is 0.0600. The molecular weight excluding hydrogens is 268 g/mol. The van der Waals surface area contributed by atoms with Gasteiger partial charge < -0.3 is 9.16 Å². The molecule has 4 heteroatoms. The first-order chi connectivity index (χ1) is 9.17. The Morgan fingerprint density at radius 1 is 1.25 bits per heavy atom. The van der Waals surface area contributed by atoms with Gasteiger partial charge in [-0.25, -0.2) is 4.79 Å². The molecule has 0 bridgehead atoms. The Hall–Kier alpha value is -1.13. The molecule has 0 heterocycles. The number of hydrogen-bond donors (Lipinski definition) is 0. The van der Waals surface area contributed by atoms with E-state index in [0.717, 1.165) is 12.0 Å². The molecule has 0 atom stereocenters. The highest BCUT2D eigenvalue weighted by molar-refractivity contribution is 6.74. The average molecular weight is 294 g/mol. The van der Waals surface area contributed by atoms with Gasteiger partial charge in [-0.15, -0.1) is 0 Å². The topological polar surface area (TPSA) is 35.5 Å². The van der Waals surface area contributed by atoms with Gasteiger partial charge >= 0.3 is 5.97 Å². The fraction of sp³-hybridized carbons (Fsp3) is 0.562. The van der Waals surface area contributed by atoms with Gasteiger partial charge in [0, 0.05) is 6.61 Å². The highest BCUT2D eigenvalue weighted by atomic mass is 28.4. The molecule has 3 nitrogen and oxygen atoms in total. The standard InChI is InChI=1S/C16H26O3Si/c1-16(2,3)20(5,6)19-11-10-13-8-7-9-14(12-13)15(17)18-4/h7-9,12H,10-11H2,1-6H3. The molecule has 0 saturated carbocycles. The van der Waals surface area contributed by atoms with E-state index in [-0.39, 0.29) is 11.0 Å². The van der Waals surface area contributed by atoms with Gasteiger partial charge in [-0.2, -0.15) is 0 Å². The van der Waals surface area contributed by atoms with Crippen LogP contribution in [0.4, 0.5) is 0 Å². The van der Waals surface area contributed by atoms with Gasteiger partial charge in [0.1, 0.15) is 0 Å². The number of ether oxygens (including phenoxy) is 1. The smallest absolute Gasteiger partial charge is 0.337 e. The summed E-state index contributed by atoms with van der Waals surface area (Å²) in [6.45, 7) is 11.9. The van der Waals surface area contributed by atoms with Crippen LogP contribution in [-0.2, 0) is 15.6 Å². The molecule has 0 fully saturated rings. The van der Waals surface area contributed by atoms with Crippen molar-refractivity contribution in [1.82, 2.24) is 0 Å². The van der Waals surface area contributed by atoms with Gasteiger partial charge in [0.05, 0.1) is 12.7 Å². The van der Waals surface area contributed by atoms with E-state index in [1.54, 1.807) is 6.07 Å². The second-order valence-electron chi connectivity index (χ2n) is 6.55. The Bertz CT molecular complexity index is 461. The van der Waals surface area contributed by atoms with E-state index in [4.69, 9.17) is 9.16 Å². The van der Waals surface area contributed by atoms with Gasteiger partial charge in [0.25, 0.3) is 0 Å². The second kappa shape index (κ2) is 6.55. The minimum absolute atomic E-state index is 0.223. The monoisotopic (exact) mass is 294 g/mol. The minimum Gasteiger partial charge on any atom is -0.465 e. The first kappa shape index (κ1) is 16.9. The van der Waals surface area contributed by atoms with Crippen molar-refractivity contribution in [3.63, 3.8) is 0 Å². The van der Waals surface area contributed by atoms with Crippen LogP contribution in [0.3, 0.4) is 0 Å². The summed E-state index contributed by atoms with van der Waals surface area (Å²) >= 11 is 0. The van der Waals surface area contributed by atoms with Crippen molar-refractivity contribution in [2.45, 2.75) is 45.3 Å². The molecule has 0 aliphatic rings. The molecular formula is C16H26O3Si. The summed E-state index contributed by atoms with van der Waals surface area (Å²) in [4.78, 5) is 11.5. The molecule has 1 aromatic carbocycles. The van der Waals surface area contributed by atoms with Crippen LogP contribution < -0.4 is 0 Å². The van der Waals surface area contributed by atoms with Crippen molar-refractivity contribution in [2.24, 2.45) is 0 Å². The summed E-state index contributed by atoms with van der Waals surface area (Å²) in [5.41, 5.74) is 1.70. The van der Waals surface area contributed by atoms with Crippen molar-refractivity contribution in [2.75, 3.05) is 13.7 Å². The fourth-order valence-electron chi connectivity index (χ4n) is 1.61. The van der Waals surface area contributed by atoms with E-state index < -0.39 is 8.32 Å². The molecule has 0 spiro atoms. The first-order valence-corrected chi connectivity index (χ1v) is 9.89. The van der Waals surface area contributed by atoms with Crippen molar-refractivity contribution in [3.8, 4) is 0 Å². The van der Waals surface area contributed by atoms with Crippen LogP contribution in [0.5, 0.6) is 0 Å². The van der Waals surface area contributed by atoms with Crippen LogP contribution in [0.15, 0.2) is 24.3 Å². The molecule has 0 aliphatic heterocycles. The van der Waals surface area contributed by atoms with Crippen molar-refractivity contribution in [3.05, 3.63) is 35.4 Å². The van der Waals surface area contributed by atoms with Gasteiger partial charge in [0.2, 0.25) is 0 Å². The number of methoxy groups -OCH3 is 1. The first-order valence-electron chi connectivity index (χ1n) is 6.98. The van der Waals surface area contributed by atoms with Crippen LogP contribution in [0.2, 0.25) is 18.1 Å². The third kappa shape index (κ3) is 4.46. The molecule has 0 unspecified atom stereocenters. The van der Waals surface area contributed by atoms with Gasteiger partial charge in [0.15, 0.2) is 8.32 Å². The average Bonchev–Trinajstić information content (AvgIpc) is 2.36. The van der Waals surface area contributed by atoms with Gasteiger partial charge in [-0.3, -0.25) is 0 Å². The summed E-state index contributed by atoms with van der Waals surface area (Å²) in [5, 5.41) is 0.223. The quantitative estimate of drug-likeness (QED) is 0.607. The normalized spacial score (nSPS) is 12.3.